The lowest BCUT2D eigenvalue weighted by Crippen LogP contribution is -2.01. The fourth-order valence-corrected chi connectivity index (χ4v) is 6.56. The van der Waals surface area contributed by atoms with E-state index in [1.54, 1.807) is 0 Å². The highest BCUT2D eigenvalue weighted by Gasteiger charge is 2.17. The van der Waals surface area contributed by atoms with Crippen molar-refractivity contribution in [1.82, 2.24) is 24.9 Å². The highest BCUT2D eigenvalue weighted by atomic mass is 16.4. The summed E-state index contributed by atoms with van der Waals surface area (Å²) in [4.78, 5) is 24.6. The van der Waals surface area contributed by atoms with E-state index in [-0.39, 0.29) is 0 Å². The Bertz CT molecular complexity index is 2690. The SMILES string of the molecule is c1ccc(-c2cc(-c3nc(-c4ccc(-c5nc6ccccc6o5)cc4)nc(-c4ccc(-c5nc6ccccc6o5)cc4)n3)c3ccccc3c2)cc1. The Hall–Kier alpha value is -7.25. The number of benzene rings is 7. The van der Waals surface area contributed by atoms with Crippen molar-refractivity contribution < 1.29 is 8.83 Å². The summed E-state index contributed by atoms with van der Waals surface area (Å²) >= 11 is 0. The molecule has 10 rings (SSSR count). The van der Waals surface area contributed by atoms with Crippen LogP contribution in [0.3, 0.4) is 0 Å². The standard InChI is InChI=1S/C45H27N5O2/c1-2-10-28(11-3-1)34-26-33-12-4-5-13-35(33)36(27-34)43-49-41(29-18-22-31(23-19-29)44-46-37-14-6-8-16-39(37)51-44)48-42(50-43)30-20-24-32(25-21-30)45-47-38-15-7-9-17-40(38)52-45/h1-27H. The summed E-state index contributed by atoms with van der Waals surface area (Å²) in [5.74, 6) is 2.82. The molecule has 0 aliphatic carbocycles. The van der Waals surface area contributed by atoms with E-state index < -0.39 is 0 Å². The lowest BCUT2D eigenvalue weighted by atomic mass is 9.96. The van der Waals surface area contributed by atoms with Gasteiger partial charge in [0.15, 0.2) is 28.6 Å². The first-order valence-corrected chi connectivity index (χ1v) is 17.0. The molecule has 0 bridgehead atoms. The lowest BCUT2D eigenvalue weighted by Gasteiger charge is -2.13. The molecule has 0 fully saturated rings. The number of rotatable bonds is 6. The average molecular weight is 670 g/mol. The number of para-hydroxylation sites is 4. The first-order valence-electron chi connectivity index (χ1n) is 17.0. The van der Waals surface area contributed by atoms with E-state index in [0.717, 1.165) is 71.9 Å². The molecule has 0 saturated carbocycles. The van der Waals surface area contributed by atoms with Crippen molar-refractivity contribution in [2.75, 3.05) is 0 Å². The molecule has 0 atom stereocenters. The highest BCUT2D eigenvalue weighted by Crippen LogP contribution is 2.35. The van der Waals surface area contributed by atoms with Crippen LogP contribution in [0.1, 0.15) is 0 Å². The van der Waals surface area contributed by atoms with Gasteiger partial charge in [0.2, 0.25) is 11.8 Å². The van der Waals surface area contributed by atoms with Crippen LogP contribution >= 0.6 is 0 Å². The van der Waals surface area contributed by atoms with Gasteiger partial charge in [0.1, 0.15) is 11.0 Å². The molecule has 0 N–H and O–H groups in total. The fourth-order valence-electron chi connectivity index (χ4n) is 6.56. The maximum absolute atomic E-state index is 6.04. The van der Waals surface area contributed by atoms with Crippen LogP contribution in [0.5, 0.6) is 0 Å². The summed E-state index contributed by atoms with van der Waals surface area (Å²) in [7, 11) is 0. The van der Waals surface area contributed by atoms with Crippen LogP contribution in [0.25, 0.3) is 101 Å². The van der Waals surface area contributed by atoms with Gasteiger partial charge in [-0.1, -0.05) is 103 Å². The second-order valence-corrected chi connectivity index (χ2v) is 12.5. The molecule has 7 aromatic carbocycles. The summed E-state index contributed by atoms with van der Waals surface area (Å²) in [5, 5.41) is 2.16. The van der Waals surface area contributed by atoms with E-state index in [1.165, 1.54) is 0 Å². The summed E-state index contributed by atoms with van der Waals surface area (Å²) < 4.78 is 12.1. The van der Waals surface area contributed by atoms with Crippen molar-refractivity contribution in [3.8, 4) is 68.2 Å². The van der Waals surface area contributed by atoms with Gasteiger partial charge < -0.3 is 8.83 Å². The molecule has 0 saturated heterocycles. The minimum atomic E-state index is 0.557. The molecule has 0 radical (unpaired) electrons. The summed E-state index contributed by atoms with van der Waals surface area (Å²) in [6.07, 6.45) is 0. The zero-order chi connectivity index (χ0) is 34.4. The van der Waals surface area contributed by atoms with E-state index in [1.807, 2.05) is 109 Å². The van der Waals surface area contributed by atoms with Gasteiger partial charge in [0.25, 0.3) is 0 Å². The number of fused-ring (bicyclic) bond motifs is 3. The monoisotopic (exact) mass is 669 g/mol. The molecule has 3 heterocycles. The number of aromatic nitrogens is 5. The van der Waals surface area contributed by atoms with E-state index in [4.69, 9.17) is 23.8 Å². The fraction of sp³-hybridized carbons (Fsp3) is 0. The van der Waals surface area contributed by atoms with Gasteiger partial charge in [0.05, 0.1) is 0 Å². The van der Waals surface area contributed by atoms with Gasteiger partial charge in [-0.05, 0) is 82.6 Å². The van der Waals surface area contributed by atoms with Crippen LogP contribution in [0.15, 0.2) is 173 Å². The van der Waals surface area contributed by atoms with Crippen molar-refractivity contribution in [3.63, 3.8) is 0 Å². The molecule has 0 unspecified atom stereocenters. The predicted octanol–water partition coefficient (Wildman–Crippen LogP) is 11.3. The Morgan fingerprint density at radius 3 is 1.38 bits per heavy atom. The average Bonchev–Trinajstić information content (AvgIpc) is 3.86. The Morgan fingerprint density at radius 2 is 0.808 bits per heavy atom. The smallest absolute Gasteiger partial charge is 0.227 e. The zero-order valence-electron chi connectivity index (χ0n) is 27.6. The second-order valence-electron chi connectivity index (χ2n) is 12.5. The molecular formula is C45H27N5O2. The first kappa shape index (κ1) is 29.6. The Morgan fingerprint density at radius 1 is 0.327 bits per heavy atom. The minimum absolute atomic E-state index is 0.557. The molecule has 0 aliphatic heterocycles. The van der Waals surface area contributed by atoms with Crippen molar-refractivity contribution >= 4 is 33.0 Å². The van der Waals surface area contributed by atoms with Gasteiger partial charge in [-0.25, -0.2) is 24.9 Å². The van der Waals surface area contributed by atoms with Gasteiger partial charge in [-0.2, -0.15) is 0 Å². The quantitative estimate of drug-likeness (QED) is 0.174. The molecule has 3 aromatic heterocycles. The Kier molecular flexibility index (Phi) is 6.99. The Balaban J connectivity index is 1.11. The van der Waals surface area contributed by atoms with Crippen LogP contribution < -0.4 is 0 Å². The second kappa shape index (κ2) is 12.3. The van der Waals surface area contributed by atoms with E-state index in [0.29, 0.717) is 29.3 Å². The van der Waals surface area contributed by atoms with Gasteiger partial charge in [-0.15, -0.1) is 0 Å². The maximum atomic E-state index is 6.04. The van der Waals surface area contributed by atoms with Gasteiger partial charge in [0, 0.05) is 27.8 Å². The van der Waals surface area contributed by atoms with E-state index >= 15 is 0 Å². The summed E-state index contributed by atoms with van der Waals surface area (Å²) in [6, 6.07) is 54.6. The van der Waals surface area contributed by atoms with Crippen LogP contribution in [0.4, 0.5) is 0 Å². The third-order valence-electron chi connectivity index (χ3n) is 9.21. The third kappa shape index (κ3) is 5.37. The highest BCUT2D eigenvalue weighted by molar-refractivity contribution is 5.99. The first-order chi connectivity index (χ1) is 25.7. The van der Waals surface area contributed by atoms with Crippen LogP contribution in [-0.4, -0.2) is 24.9 Å². The molecule has 0 amide bonds. The number of oxazole rings is 2. The number of nitrogens with zero attached hydrogens (tertiary/aromatic N) is 5. The molecular weight excluding hydrogens is 643 g/mol. The topological polar surface area (TPSA) is 90.7 Å². The zero-order valence-corrected chi connectivity index (χ0v) is 27.6. The third-order valence-corrected chi connectivity index (χ3v) is 9.21. The van der Waals surface area contributed by atoms with E-state index in [9.17, 15) is 0 Å². The molecule has 52 heavy (non-hydrogen) atoms. The number of hydrogen-bond acceptors (Lipinski definition) is 7. The predicted molar refractivity (Wildman–Crippen MR) is 205 cm³/mol. The largest absolute Gasteiger partial charge is 0.436 e. The van der Waals surface area contributed by atoms with Crippen molar-refractivity contribution in [2.45, 2.75) is 0 Å². The molecule has 0 spiro atoms. The Labute approximate surface area is 298 Å². The lowest BCUT2D eigenvalue weighted by molar-refractivity contribution is 0.619. The summed E-state index contributed by atoms with van der Waals surface area (Å²) in [5.41, 5.74) is 9.69. The van der Waals surface area contributed by atoms with Crippen molar-refractivity contribution in [1.29, 1.82) is 0 Å². The van der Waals surface area contributed by atoms with Crippen LogP contribution in [0, 0.1) is 0 Å². The molecule has 244 valence electrons. The summed E-state index contributed by atoms with van der Waals surface area (Å²) in [6.45, 7) is 0. The van der Waals surface area contributed by atoms with E-state index in [2.05, 4.69) is 64.6 Å². The number of hydrogen-bond donors (Lipinski definition) is 0. The molecule has 0 aliphatic rings. The van der Waals surface area contributed by atoms with Gasteiger partial charge in [-0.3, -0.25) is 0 Å². The van der Waals surface area contributed by atoms with Crippen LogP contribution in [0.2, 0.25) is 0 Å². The molecule has 7 nitrogen and oxygen atoms in total. The maximum Gasteiger partial charge on any atom is 0.227 e. The molecule has 10 aromatic rings. The normalized spacial score (nSPS) is 11.5. The van der Waals surface area contributed by atoms with Crippen molar-refractivity contribution in [2.24, 2.45) is 0 Å². The van der Waals surface area contributed by atoms with Gasteiger partial charge >= 0.3 is 0 Å². The van der Waals surface area contributed by atoms with Crippen LogP contribution in [-0.2, 0) is 0 Å². The molecule has 7 heteroatoms. The minimum Gasteiger partial charge on any atom is -0.436 e. The van der Waals surface area contributed by atoms with Crippen molar-refractivity contribution in [3.05, 3.63) is 164 Å².